The van der Waals surface area contributed by atoms with Crippen LogP contribution in [0.1, 0.15) is 27.7 Å². The van der Waals surface area contributed by atoms with Crippen molar-refractivity contribution in [1.29, 1.82) is 0 Å². The average Bonchev–Trinajstić information content (AvgIpc) is 2.16. The van der Waals surface area contributed by atoms with E-state index in [9.17, 15) is 0 Å². The van der Waals surface area contributed by atoms with Crippen LogP contribution >= 0.6 is 11.8 Å². The van der Waals surface area contributed by atoms with Gasteiger partial charge in [0.05, 0.1) is 6.61 Å². The summed E-state index contributed by atoms with van der Waals surface area (Å²) in [7, 11) is 0. The Bertz CT molecular complexity index is 346. The predicted octanol–water partition coefficient (Wildman–Crippen LogP) is 1.99. The van der Waals surface area contributed by atoms with Crippen molar-refractivity contribution in [3.05, 3.63) is 0 Å². The van der Waals surface area contributed by atoms with Crippen LogP contribution in [0.5, 0.6) is 6.01 Å². The minimum atomic E-state index is 0.205. The third kappa shape index (κ3) is 3.84. The smallest absolute Gasteiger partial charge is 0.322 e. The van der Waals surface area contributed by atoms with Crippen LogP contribution in [-0.4, -0.2) is 26.8 Å². The normalized spacial score (nSPS) is 12.8. The van der Waals surface area contributed by atoms with E-state index in [1.54, 1.807) is 11.8 Å². The summed E-state index contributed by atoms with van der Waals surface area (Å²) in [5.41, 5.74) is 5.59. The van der Waals surface area contributed by atoms with Crippen LogP contribution in [0.3, 0.4) is 0 Å². The van der Waals surface area contributed by atoms with Gasteiger partial charge in [-0.15, -0.1) is 0 Å². The number of nitrogens with two attached hydrogens (primary N) is 1. The molecule has 90 valence electrons. The molecule has 5 nitrogen and oxygen atoms in total. The van der Waals surface area contributed by atoms with E-state index in [-0.39, 0.29) is 5.95 Å². The van der Waals surface area contributed by atoms with E-state index in [0.29, 0.717) is 28.9 Å². The van der Waals surface area contributed by atoms with E-state index in [1.807, 2.05) is 6.92 Å². The van der Waals surface area contributed by atoms with Crippen molar-refractivity contribution in [3.63, 3.8) is 0 Å². The van der Waals surface area contributed by atoms with E-state index in [1.165, 1.54) is 0 Å². The van der Waals surface area contributed by atoms with Crippen molar-refractivity contribution in [1.82, 2.24) is 15.0 Å². The molecule has 0 radical (unpaired) electrons. The van der Waals surface area contributed by atoms with Crippen LogP contribution in [0.4, 0.5) is 5.95 Å². The predicted molar refractivity (Wildman–Crippen MR) is 65.6 cm³/mol. The van der Waals surface area contributed by atoms with Gasteiger partial charge in [0.15, 0.2) is 5.16 Å². The second kappa shape index (κ2) is 5.89. The van der Waals surface area contributed by atoms with Crippen molar-refractivity contribution in [3.8, 4) is 6.01 Å². The van der Waals surface area contributed by atoms with E-state index in [0.717, 1.165) is 0 Å². The van der Waals surface area contributed by atoms with Crippen molar-refractivity contribution < 1.29 is 4.74 Å². The number of rotatable bonds is 5. The van der Waals surface area contributed by atoms with Gasteiger partial charge in [0.25, 0.3) is 0 Å². The highest BCUT2D eigenvalue weighted by Crippen LogP contribution is 2.25. The van der Waals surface area contributed by atoms with Gasteiger partial charge in [-0.3, -0.25) is 0 Å². The SMILES string of the molecule is CCOc1nc(N)nc(SC(C)C(C)C)n1. The molecule has 0 fully saturated rings. The maximum atomic E-state index is 5.59. The second-order valence-corrected chi connectivity index (χ2v) is 5.10. The van der Waals surface area contributed by atoms with E-state index in [2.05, 4.69) is 35.7 Å². The summed E-state index contributed by atoms with van der Waals surface area (Å²) in [5, 5.41) is 1.05. The van der Waals surface area contributed by atoms with Gasteiger partial charge in [0.2, 0.25) is 5.95 Å². The molecule has 1 heterocycles. The van der Waals surface area contributed by atoms with Crippen molar-refractivity contribution in [2.75, 3.05) is 12.3 Å². The Morgan fingerprint density at radius 2 is 1.94 bits per heavy atom. The zero-order chi connectivity index (χ0) is 12.1. The molecule has 1 rings (SSSR count). The third-order valence-corrected chi connectivity index (χ3v) is 3.42. The van der Waals surface area contributed by atoms with Gasteiger partial charge in [-0.1, -0.05) is 32.5 Å². The first kappa shape index (κ1) is 13.0. The van der Waals surface area contributed by atoms with Gasteiger partial charge in [-0.05, 0) is 12.8 Å². The first-order chi connectivity index (χ1) is 7.52. The topological polar surface area (TPSA) is 73.9 Å². The molecule has 1 atom stereocenters. The van der Waals surface area contributed by atoms with Gasteiger partial charge in [0.1, 0.15) is 0 Å². The molecule has 6 heteroatoms. The molecule has 0 aliphatic heterocycles. The first-order valence-electron chi connectivity index (χ1n) is 5.34. The summed E-state index contributed by atoms with van der Waals surface area (Å²) in [6.45, 7) is 8.85. The van der Waals surface area contributed by atoms with Crippen molar-refractivity contribution >= 4 is 17.7 Å². The van der Waals surface area contributed by atoms with Gasteiger partial charge in [-0.2, -0.15) is 15.0 Å². The first-order valence-corrected chi connectivity index (χ1v) is 6.22. The van der Waals surface area contributed by atoms with Crippen LogP contribution in [0.25, 0.3) is 0 Å². The minimum absolute atomic E-state index is 0.205. The molecule has 1 aromatic rings. The van der Waals surface area contributed by atoms with E-state index in [4.69, 9.17) is 10.5 Å². The minimum Gasteiger partial charge on any atom is -0.464 e. The lowest BCUT2D eigenvalue weighted by Gasteiger charge is -2.13. The summed E-state index contributed by atoms with van der Waals surface area (Å²) >= 11 is 1.58. The standard InChI is InChI=1S/C10H18N4OS/c1-5-15-9-12-8(11)13-10(14-9)16-7(4)6(2)3/h6-7H,5H2,1-4H3,(H2,11,12,13,14). The van der Waals surface area contributed by atoms with Crippen LogP contribution in [0, 0.1) is 5.92 Å². The zero-order valence-corrected chi connectivity index (χ0v) is 10.9. The lowest BCUT2D eigenvalue weighted by molar-refractivity contribution is 0.308. The Kier molecular flexibility index (Phi) is 4.79. The van der Waals surface area contributed by atoms with Crippen LogP contribution in [0.2, 0.25) is 0 Å². The highest BCUT2D eigenvalue weighted by molar-refractivity contribution is 7.99. The summed E-state index contributed by atoms with van der Waals surface area (Å²) < 4.78 is 5.21. The Hall–Kier alpha value is -1.04. The van der Waals surface area contributed by atoms with Crippen LogP contribution in [-0.2, 0) is 0 Å². The number of anilines is 1. The summed E-state index contributed by atoms with van der Waals surface area (Å²) in [4.78, 5) is 12.2. The maximum absolute atomic E-state index is 5.59. The number of hydrogen-bond acceptors (Lipinski definition) is 6. The Morgan fingerprint density at radius 1 is 1.25 bits per heavy atom. The number of nitrogen functional groups attached to an aromatic ring is 1. The molecule has 0 aromatic carbocycles. The van der Waals surface area contributed by atoms with Gasteiger partial charge >= 0.3 is 6.01 Å². The van der Waals surface area contributed by atoms with Crippen LogP contribution < -0.4 is 10.5 Å². The molecule has 0 aliphatic carbocycles. The molecule has 0 amide bonds. The number of ether oxygens (including phenoxy) is 1. The largest absolute Gasteiger partial charge is 0.464 e. The molecule has 1 unspecified atom stereocenters. The summed E-state index contributed by atoms with van der Waals surface area (Å²) in [5.74, 6) is 0.760. The lowest BCUT2D eigenvalue weighted by atomic mass is 10.2. The molecular weight excluding hydrogens is 224 g/mol. The quantitative estimate of drug-likeness (QED) is 0.796. The number of thioether (sulfide) groups is 1. The molecule has 1 aromatic heterocycles. The molecule has 0 saturated carbocycles. The van der Waals surface area contributed by atoms with E-state index >= 15 is 0 Å². The van der Waals surface area contributed by atoms with Crippen molar-refractivity contribution in [2.24, 2.45) is 5.92 Å². The highest BCUT2D eigenvalue weighted by Gasteiger charge is 2.13. The number of aromatic nitrogens is 3. The zero-order valence-electron chi connectivity index (χ0n) is 10.1. The molecule has 2 N–H and O–H groups in total. The van der Waals surface area contributed by atoms with E-state index < -0.39 is 0 Å². The summed E-state index contributed by atoms with van der Waals surface area (Å²) in [6, 6.07) is 0.299. The Balaban J connectivity index is 2.79. The Labute approximate surface area is 100 Å². The fourth-order valence-corrected chi connectivity index (χ4v) is 1.78. The number of nitrogens with zero attached hydrogens (tertiary/aromatic N) is 3. The fraction of sp³-hybridized carbons (Fsp3) is 0.700. The summed E-state index contributed by atoms with van der Waals surface area (Å²) in [6.07, 6.45) is 0. The maximum Gasteiger partial charge on any atom is 0.322 e. The molecule has 0 bridgehead atoms. The van der Waals surface area contributed by atoms with Crippen LogP contribution in [0.15, 0.2) is 5.16 Å². The monoisotopic (exact) mass is 242 g/mol. The number of hydrogen-bond donors (Lipinski definition) is 1. The molecule has 16 heavy (non-hydrogen) atoms. The molecule has 0 aliphatic rings. The molecule has 0 spiro atoms. The van der Waals surface area contributed by atoms with Gasteiger partial charge < -0.3 is 10.5 Å². The van der Waals surface area contributed by atoms with Gasteiger partial charge in [-0.25, -0.2) is 0 Å². The van der Waals surface area contributed by atoms with Gasteiger partial charge in [0, 0.05) is 5.25 Å². The third-order valence-electron chi connectivity index (χ3n) is 2.12. The second-order valence-electron chi connectivity index (χ2n) is 3.76. The average molecular weight is 242 g/mol. The lowest BCUT2D eigenvalue weighted by Crippen LogP contribution is -2.09. The molecule has 0 saturated heterocycles. The molecular formula is C10H18N4OS. The highest BCUT2D eigenvalue weighted by atomic mass is 32.2. The Morgan fingerprint density at radius 3 is 2.50 bits per heavy atom. The van der Waals surface area contributed by atoms with Crippen molar-refractivity contribution in [2.45, 2.75) is 38.1 Å². The fourth-order valence-electron chi connectivity index (χ4n) is 0.902.